The van der Waals surface area contributed by atoms with E-state index in [0.29, 0.717) is 34.5 Å². The van der Waals surface area contributed by atoms with Gasteiger partial charge in [0.15, 0.2) is 6.10 Å². The van der Waals surface area contributed by atoms with Crippen LogP contribution >= 0.6 is 11.6 Å². The number of anilines is 1. The Labute approximate surface area is 165 Å². The zero-order valence-corrected chi connectivity index (χ0v) is 16.8. The Kier molecular flexibility index (Phi) is 7.25. The van der Waals surface area contributed by atoms with Gasteiger partial charge < -0.3 is 15.4 Å². The molecule has 2 aromatic carbocycles. The second-order valence-electron chi connectivity index (χ2n) is 6.81. The minimum atomic E-state index is -0.739. The molecule has 0 radical (unpaired) electrons. The molecule has 2 aromatic rings. The van der Waals surface area contributed by atoms with Gasteiger partial charge in [-0.05, 0) is 55.7 Å². The van der Waals surface area contributed by atoms with Crippen LogP contribution in [0.4, 0.5) is 5.69 Å². The predicted octanol–water partition coefficient (Wildman–Crippen LogP) is 4.44. The van der Waals surface area contributed by atoms with Crippen molar-refractivity contribution < 1.29 is 14.3 Å². The molecule has 2 rings (SSSR count). The molecule has 0 aromatic heterocycles. The molecule has 1 atom stereocenters. The van der Waals surface area contributed by atoms with Gasteiger partial charge in [-0.1, -0.05) is 37.6 Å². The number of benzene rings is 2. The van der Waals surface area contributed by atoms with Gasteiger partial charge in [0, 0.05) is 11.6 Å². The molecule has 27 heavy (non-hydrogen) atoms. The number of nitrogens with one attached hydrogen (secondary N) is 2. The maximum Gasteiger partial charge on any atom is 0.265 e. The number of ether oxygens (including phenoxy) is 1. The SMILES string of the molecule is Cc1cc(O[C@@H](C)C(=O)Nc2ccccc2C(=O)NCC(C)C)ccc1Cl. The van der Waals surface area contributed by atoms with Crippen LogP contribution in [0.1, 0.15) is 36.7 Å². The first-order chi connectivity index (χ1) is 12.8. The van der Waals surface area contributed by atoms with Crippen molar-refractivity contribution in [1.82, 2.24) is 5.32 Å². The Morgan fingerprint density at radius 3 is 2.48 bits per heavy atom. The van der Waals surface area contributed by atoms with Crippen molar-refractivity contribution in [3.63, 3.8) is 0 Å². The zero-order valence-electron chi connectivity index (χ0n) is 16.0. The van der Waals surface area contributed by atoms with E-state index in [1.54, 1.807) is 49.4 Å². The van der Waals surface area contributed by atoms with E-state index in [9.17, 15) is 9.59 Å². The van der Waals surface area contributed by atoms with Crippen LogP contribution in [0.2, 0.25) is 5.02 Å². The monoisotopic (exact) mass is 388 g/mol. The first-order valence-electron chi connectivity index (χ1n) is 8.88. The summed E-state index contributed by atoms with van der Waals surface area (Å²) in [5.74, 6) is 0.336. The maximum absolute atomic E-state index is 12.5. The van der Waals surface area contributed by atoms with Crippen LogP contribution < -0.4 is 15.4 Å². The van der Waals surface area contributed by atoms with E-state index in [1.165, 1.54) is 0 Å². The normalized spacial score (nSPS) is 11.8. The lowest BCUT2D eigenvalue weighted by atomic mass is 10.1. The minimum Gasteiger partial charge on any atom is -0.481 e. The van der Waals surface area contributed by atoms with Gasteiger partial charge >= 0.3 is 0 Å². The van der Waals surface area contributed by atoms with Crippen molar-refractivity contribution >= 4 is 29.1 Å². The number of hydrogen-bond donors (Lipinski definition) is 2. The van der Waals surface area contributed by atoms with Crippen LogP contribution in [-0.4, -0.2) is 24.5 Å². The van der Waals surface area contributed by atoms with Crippen LogP contribution in [0.25, 0.3) is 0 Å². The number of amides is 2. The van der Waals surface area contributed by atoms with Crippen molar-refractivity contribution in [1.29, 1.82) is 0 Å². The fraction of sp³-hybridized carbons (Fsp3) is 0.333. The number of rotatable bonds is 7. The van der Waals surface area contributed by atoms with Crippen molar-refractivity contribution in [2.24, 2.45) is 5.92 Å². The van der Waals surface area contributed by atoms with Crippen LogP contribution in [0, 0.1) is 12.8 Å². The van der Waals surface area contributed by atoms with Gasteiger partial charge in [0.25, 0.3) is 11.8 Å². The molecule has 144 valence electrons. The van der Waals surface area contributed by atoms with Crippen LogP contribution in [0.3, 0.4) is 0 Å². The van der Waals surface area contributed by atoms with Gasteiger partial charge in [0.05, 0.1) is 11.3 Å². The van der Waals surface area contributed by atoms with E-state index in [4.69, 9.17) is 16.3 Å². The smallest absolute Gasteiger partial charge is 0.265 e. The summed E-state index contributed by atoms with van der Waals surface area (Å²) in [4.78, 5) is 24.9. The van der Waals surface area contributed by atoms with Crippen LogP contribution in [-0.2, 0) is 4.79 Å². The molecule has 2 N–H and O–H groups in total. The largest absolute Gasteiger partial charge is 0.481 e. The third-order valence-corrected chi connectivity index (χ3v) is 4.34. The second-order valence-corrected chi connectivity index (χ2v) is 7.22. The molecule has 2 amide bonds. The summed E-state index contributed by atoms with van der Waals surface area (Å²) in [5, 5.41) is 6.27. The van der Waals surface area contributed by atoms with E-state index in [2.05, 4.69) is 10.6 Å². The van der Waals surface area contributed by atoms with Crippen molar-refractivity contribution in [2.45, 2.75) is 33.8 Å². The highest BCUT2D eigenvalue weighted by Gasteiger charge is 2.18. The van der Waals surface area contributed by atoms with E-state index in [-0.39, 0.29) is 11.8 Å². The summed E-state index contributed by atoms with van der Waals surface area (Å²) >= 11 is 6.01. The van der Waals surface area contributed by atoms with E-state index in [1.807, 2.05) is 20.8 Å². The zero-order chi connectivity index (χ0) is 20.0. The van der Waals surface area contributed by atoms with E-state index >= 15 is 0 Å². The van der Waals surface area contributed by atoms with E-state index < -0.39 is 6.10 Å². The maximum atomic E-state index is 12.5. The first kappa shape index (κ1) is 20.8. The molecule has 0 bridgehead atoms. The fourth-order valence-corrected chi connectivity index (χ4v) is 2.48. The van der Waals surface area contributed by atoms with Gasteiger partial charge in [-0.15, -0.1) is 0 Å². The summed E-state index contributed by atoms with van der Waals surface area (Å²) in [5.41, 5.74) is 1.74. The molecule has 6 heteroatoms. The highest BCUT2D eigenvalue weighted by atomic mass is 35.5. The molecule has 0 fully saturated rings. The van der Waals surface area contributed by atoms with Crippen LogP contribution in [0.5, 0.6) is 5.75 Å². The summed E-state index contributed by atoms with van der Waals surface area (Å²) in [6, 6.07) is 12.1. The van der Waals surface area contributed by atoms with E-state index in [0.717, 1.165) is 5.56 Å². The van der Waals surface area contributed by atoms with Gasteiger partial charge in [-0.3, -0.25) is 9.59 Å². The average Bonchev–Trinajstić information content (AvgIpc) is 2.63. The highest BCUT2D eigenvalue weighted by molar-refractivity contribution is 6.31. The van der Waals surface area contributed by atoms with Gasteiger partial charge in [0.1, 0.15) is 5.75 Å². The Morgan fingerprint density at radius 1 is 1.11 bits per heavy atom. The van der Waals surface area contributed by atoms with Crippen molar-refractivity contribution in [2.75, 3.05) is 11.9 Å². The average molecular weight is 389 g/mol. The summed E-state index contributed by atoms with van der Waals surface area (Å²) in [6.07, 6.45) is -0.739. The first-order valence-corrected chi connectivity index (χ1v) is 9.26. The quantitative estimate of drug-likeness (QED) is 0.736. The number of para-hydroxylation sites is 1. The topological polar surface area (TPSA) is 67.4 Å². The molecule has 0 saturated heterocycles. The Hall–Kier alpha value is -2.53. The predicted molar refractivity (Wildman–Crippen MR) is 109 cm³/mol. The summed E-state index contributed by atoms with van der Waals surface area (Å²) < 4.78 is 5.69. The standard InChI is InChI=1S/C21H25ClN2O3/c1-13(2)12-23-21(26)17-7-5-6-8-19(17)24-20(25)15(4)27-16-9-10-18(22)14(3)11-16/h5-11,13,15H,12H2,1-4H3,(H,23,26)(H,24,25)/t15-/m0/s1. The number of aryl methyl sites for hydroxylation is 1. The Bertz CT molecular complexity index is 821. The lowest BCUT2D eigenvalue weighted by Crippen LogP contribution is -2.32. The van der Waals surface area contributed by atoms with Gasteiger partial charge in [-0.25, -0.2) is 0 Å². The van der Waals surface area contributed by atoms with Crippen molar-refractivity contribution in [3.8, 4) is 5.75 Å². The van der Waals surface area contributed by atoms with Gasteiger partial charge in [-0.2, -0.15) is 0 Å². The Morgan fingerprint density at radius 2 is 1.81 bits per heavy atom. The third-order valence-electron chi connectivity index (χ3n) is 3.91. The fourth-order valence-electron chi connectivity index (χ4n) is 2.36. The number of carbonyl (C=O) groups is 2. The molecule has 0 saturated carbocycles. The summed E-state index contributed by atoms with van der Waals surface area (Å²) in [6.45, 7) is 8.13. The molecule has 0 aliphatic carbocycles. The molecular formula is C21H25ClN2O3. The lowest BCUT2D eigenvalue weighted by molar-refractivity contribution is -0.122. The highest BCUT2D eigenvalue weighted by Crippen LogP contribution is 2.22. The van der Waals surface area contributed by atoms with Crippen molar-refractivity contribution in [3.05, 3.63) is 58.6 Å². The molecule has 0 aliphatic rings. The van der Waals surface area contributed by atoms with Gasteiger partial charge in [0.2, 0.25) is 0 Å². The molecule has 5 nitrogen and oxygen atoms in total. The third kappa shape index (κ3) is 6.00. The number of hydrogen-bond acceptors (Lipinski definition) is 3. The molecule has 0 unspecified atom stereocenters. The molecule has 0 spiro atoms. The summed E-state index contributed by atoms with van der Waals surface area (Å²) in [7, 11) is 0. The molecular weight excluding hydrogens is 364 g/mol. The molecule has 0 heterocycles. The Balaban J connectivity index is 2.06. The van der Waals surface area contributed by atoms with Crippen LogP contribution in [0.15, 0.2) is 42.5 Å². The number of carbonyl (C=O) groups excluding carboxylic acids is 2. The minimum absolute atomic E-state index is 0.221. The molecule has 0 aliphatic heterocycles. The number of halogens is 1. The second kappa shape index (κ2) is 9.42. The lowest BCUT2D eigenvalue weighted by Gasteiger charge is -2.17.